The van der Waals surface area contributed by atoms with Crippen molar-refractivity contribution in [2.45, 2.75) is 12.3 Å². The fraction of sp³-hybridized carbons (Fsp3) is 0.318. The summed E-state index contributed by atoms with van der Waals surface area (Å²) in [5.41, 5.74) is 1.38. The second kappa shape index (κ2) is 8.55. The molecule has 1 aliphatic heterocycles. The van der Waals surface area contributed by atoms with Crippen LogP contribution < -0.4 is 23.8 Å². The summed E-state index contributed by atoms with van der Waals surface area (Å²) >= 11 is 0. The minimum Gasteiger partial charge on any atom is -0.497 e. The first-order valence-corrected chi connectivity index (χ1v) is 9.66. The van der Waals surface area contributed by atoms with Crippen LogP contribution in [0.5, 0.6) is 23.0 Å². The van der Waals surface area contributed by atoms with Crippen molar-refractivity contribution < 1.29 is 28.3 Å². The van der Waals surface area contributed by atoms with Gasteiger partial charge >= 0.3 is 0 Å². The van der Waals surface area contributed by atoms with Gasteiger partial charge in [0.15, 0.2) is 17.3 Å². The number of rotatable bonds is 7. The van der Waals surface area contributed by atoms with Gasteiger partial charge < -0.3 is 28.4 Å². The van der Waals surface area contributed by atoms with Crippen LogP contribution in [0.3, 0.4) is 0 Å². The molecule has 1 atom stereocenters. The van der Waals surface area contributed by atoms with Gasteiger partial charge in [-0.25, -0.2) is 0 Å². The predicted molar refractivity (Wildman–Crippen MR) is 112 cm³/mol. The zero-order valence-electron chi connectivity index (χ0n) is 17.7. The lowest BCUT2D eigenvalue weighted by Crippen LogP contribution is -2.24. The Bertz CT molecular complexity index is 1100. The molecule has 162 valence electrons. The maximum absolute atomic E-state index is 12.7. The van der Waals surface area contributed by atoms with Crippen LogP contribution >= 0.6 is 0 Å². The van der Waals surface area contributed by atoms with E-state index in [2.05, 4.69) is 10.1 Å². The highest BCUT2D eigenvalue weighted by molar-refractivity contribution is 5.97. The third-order valence-corrected chi connectivity index (χ3v) is 5.24. The molecular weight excluding hydrogens is 402 g/mol. The van der Waals surface area contributed by atoms with Crippen molar-refractivity contribution in [1.82, 2.24) is 10.1 Å². The fourth-order valence-electron chi connectivity index (χ4n) is 3.61. The summed E-state index contributed by atoms with van der Waals surface area (Å²) < 4.78 is 26.7. The number of carbonyl (C=O) groups excluding carboxylic acids is 1. The summed E-state index contributed by atoms with van der Waals surface area (Å²) in [5, 5.41) is 4.12. The van der Waals surface area contributed by atoms with Gasteiger partial charge in [0.25, 0.3) is 5.89 Å². The topological polar surface area (TPSA) is 96.2 Å². The molecule has 1 aromatic heterocycles. The highest BCUT2D eigenvalue weighted by atomic mass is 16.5. The Morgan fingerprint density at radius 3 is 2.42 bits per heavy atom. The molecule has 1 saturated heterocycles. The first-order valence-electron chi connectivity index (χ1n) is 9.66. The summed E-state index contributed by atoms with van der Waals surface area (Å²) in [6, 6.07) is 10.7. The van der Waals surface area contributed by atoms with Crippen molar-refractivity contribution in [1.29, 1.82) is 0 Å². The van der Waals surface area contributed by atoms with E-state index in [4.69, 9.17) is 23.5 Å². The normalized spacial score (nSPS) is 15.8. The van der Waals surface area contributed by atoms with Gasteiger partial charge in [0, 0.05) is 30.5 Å². The van der Waals surface area contributed by atoms with Crippen LogP contribution in [0.1, 0.15) is 18.2 Å². The highest BCUT2D eigenvalue weighted by Crippen LogP contribution is 2.38. The van der Waals surface area contributed by atoms with E-state index in [9.17, 15) is 4.79 Å². The Balaban J connectivity index is 1.56. The Hall–Kier alpha value is -3.75. The highest BCUT2D eigenvalue weighted by Gasteiger charge is 2.36. The SMILES string of the molecule is COc1ccc(N2CC(c3noc(-c4ccc(OC)c(OC)c4)n3)CC2=O)c(OC)c1. The number of ether oxygens (including phenoxy) is 4. The molecule has 9 heteroatoms. The monoisotopic (exact) mass is 425 g/mol. The van der Waals surface area contributed by atoms with E-state index in [0.29, 0.717) is 52.5 Å². The lowest BCUT2D eigenvalue weighted by molar-refractivity contribution is -0.117. The molecule has 9 nitrogen and oxygen atoms in total. The average molecular weight is 425 g/mol. The largest absolute Gasteiger partial charge is 0.497 e. The Labute approximate surface area is 179 Å². The van der Waals surface area contributed by atoms with Crippen LogP contribution in [0.4, 0.5) is 5.69 Å². The molecule has 1 fully saturated rings. The number of aromatic nitrogens is 2. The Kier molecular flexibility index (Phi) is 5.66. The number of carbonyl (C=O) groups is 1. The Morgan fingerprint density at radius 1 is 0.935 bits per heavy atom. The van der Waals surface area contributed by atoms with Crippen molar-refractivity contribution in [2.24, 2.45) is 0 Å². The van der Waals surface area contributed by atoms with E-state index in [0.717, 1.165) is 0 Å². The molecule has 4 rings (SSSR count). The summed E-state index contributed by atoms with van der Waals surface area (Å²) in [6.07, 6.45) is 0.278. The Morgan fingerprint density at radius 2 is 1.71 bits per heavy atom. The molecule has 3 aromatic rings. The van der Waals surface area contributed by atoms with Gasteiger partial charge in [-0.2, -0.15) is 4.98 Å². The molecule has 1 unspecified atom stereocenters. The maximum Gasteiger partial charge on any atom is 0.258 e. The molecule has 0 aliphatic carbocycles. The smallest absolute Gasteiger partial charge is 0.258 e. The average Bonchev–Trinajstić information content (AvgIpc) is 3.45. The second-order valence-corrected chi connectivity index (χ2v) is 6.97. The van der Waals surface area contributed by atoms with Gasteiger partial charge in [0.1, 0.15) is 11.5 Å². The van der Waals surface area contributed by atoms with Crippen LogP contribution in [0.2, 0.25) is 0 Å². The lowest BCUT2D eigenvalue weighted by atomic mass is 10.1. The van der Waals surface area contributed by atoms with Gasteiger partial charge in [-0.3, -0.25) is 4.79 Å². The fourth-order valence-corrected chi connectivity index (χ4v) is 3.61. The van der Waals surface area contributed by atoms with E-state index >= 15 is 0 Å². The van der Waals surface area contributed by atoms with Crippen molar-refractivity contribution in [2.75, 3.05) is 39.9 Å². The van der Waals surface area contributed by atoms with E-state index in [1.807, 2.05) is 12.1 Å². The molecular formula is C22H23N3O6. The third kappa shape index (κ3) is 3.86. The van der Waals surface area contributed by atoms with E-state index in [1.165, 1.54) is 0 Å². The van der Waals surface area contributed by atoms with Crippen molar-refractivity contribution in [3.8, 4) is 34.5 Å². The van der Waals surface area contributed by atoms with Crippen LogP contribution in [0, 0.1) is 0 Å². The van der Waals surface area contributed by atoms with Gasteiger partial charge in [-0.15, -0.1) is 0 Å². The summed E-state index contributed by atoms with van der Waals surface area (Å²) in [6.45, 7) is 0.423. The molecule has 0 spiro atoms. The molecule has 0 bridgehead atoms. The summed E-state index contributed by atoms with van der Waals surface area (Å²) in [4.78, 5) is 18.9. The number of hydrogen-bond donors (Lipinski definition) is 0. The molecule has 2 aromatic carbocycles. The van der Waals surface area contributed by atoms with Crippen molar-refractivity contribution in [3.63, 3.8) is 0 Å². The van der Waals surface area contributed by atoms with Gasteiger partial charge in [0.05, 0.1) is 34.1 Å². The van der Waals surface area contributed by atoms with Gasteiger partial charge in [-0.05, 0) is 30.3 Å². The van der Waals surface area contributed by atoms with Gasteiger partial charge in [0.2, 0.25) is 5.91 Å². The zero-order valence-corrected chi connectivity index (χ0v) is 17.7. The van der Waals surface area contributed by atoms with Crippen LogP contribution in [0.15, 0.2) is 40.9 Å². The van der Waals surface area contributed by atoms with Crippen LogP contribution in [-0.4, -0.2) is 51.0 Å². The molecule has 31 heavy (non-hydrogen) atoms. The molecule has 0 N–H and O–H groups in total. The second-order valence-electron chi connectivity index (χ2n) is 6.97. The van der Waals surface area contributed by atoms with Crippen molar-refractivity contribution >= 4 is 11.6 Å². The third-order valence-electron chi connectivity index (χ3n) is 5.24. The lowest BCUT2D eigenvalue weighted by Gasteiger charge is -2.19. The minimum atomic E-state index is -0.197. The minimum absolute atomic E-state index is 0.0362. The summed E-state index contributed by atoms with van der Waals surface area (Å²) in [7, 11) is 6.28. The zero-order chi connectivity index (χ0) is 22.0. The van der Waals surface area contributed by atoms with E-state index < -0.39 is 0 Å². The maximum atomic E-state index is 12.7. The first kappa shape index (κ1) is 20.5. The molecule has 0 radical (unpaired) electrons. The summed E-state index contributed by atoms with van der Waals surface area (Å²) in [5.74, 6) is 2.99. The molecule has 1 amide bonds. The number of nitrogens with zero attached hydrogens (tertiary/aromatic N) is 3. The van der Waals surface area contributed by atoms with E-state index in [1.54, 1.807) is 57.6 Å². The van der Waals surface area contributed by atoms with Crippen LogP contribution in [-0.2, 0) is 4.79 Å². The number of anilines is 1. The quantitative estimate of drug-likeness (QED) is 0.569. The number of hydrogen-bond acceptors (Lipinski definition) is 8. The molecule has 2 heterocycles. The standard InChI is InChI=1S/C22H23N3O6/c1-27-15-6-7-16(18(11-15)29-3)25-12-14(10-20(25)26)21-23-22(31-24-21)13-5-8-17(28-2)19(9-13)30-4/h5-9,11,14H,10,12H2,1-4H3. The first-order chi connectivity index (χ1) is 15.1. The van der Waals surface area contributed by atoms with E-state index in [-0.39, 0.29) is 18.2 Å². The number of benzene rings is 2. The molecule has 1 aliphatic rings. The van der Waals surface area contributed by atoms with Crippen molar-refractivity contribution in [3.05, 3.63) is 42.2 Å². The number of methoxy groups -OCH3 is 4. The van der Waals surface area contributed by atoms with Gasteiger partial charge in [-0.1, -0.05) is 5.16 Å². The number of amides is 1. The predicted octanol–water partition coefficient (Wildman–Crippen LogP) is 3.29. The van der Waals surface area contributed by atoms with Crippen LogP contribution in [0.25, 0.3) is 11.5 Å². The molecule has 0 saturated carbocycles.